The van der Waals surface area contributed by atoms with Crippen LogP contribution in [0.5, 0.6) is 0 Å². The van der Waals surface area contributed by atoms with E-state index in [-0.39, 0.29) is 0 Å². The number of nitrogen functional groups attached to an aromatic ring is 1. The van der Waals surface area contributed by atoms with E-state index in [1.54, 1.807) is 12.4 Å². The van der Waals surface area contributed by atoms with Crippen LogP contribution < -0.4 is 5.73 Å². The molecule has 0 unspecified atom stereocenters. The molecule has 0 spiro atoms. The summed E-state index contributed by atoms with van der Waals surface area (Å²) in [5.74, 6) is 0.944. The fourth-order valence-electron chi connectivity index (χ4n) is 2.03. The van der Waals surface area contributed by atoms with Crippen LogP contribution in [-0.2, 0) is 0 Å². The molecule has 0 aliphatic carbocycles. The molecule has 4 nitrogen and oxygen atoms in total. The fourth-order valence-corrected chi connectivity index (χ4v) is 2.03. The van der Waals surface area contributed by atoms with Crippen molar-refractivity contribution in [1.29, 1.82) is 0 Å². The van der Waals surface area contributed by atoms with Gasteiger partial charge < -0.3 is 10.3 Å². The van der Waals surface area contributed by atoms with Crippen LogP contribution >= 0.6 is 0 Å². The average molecular weight is 224 g/mol. The van der Waals surface area contributed by atoms with Crippen molar-refractivity contribution in [3.8, 4) is 5.69 Å². The van der Waals surface area contributed by atoms with Gasteiger partial charge in [0.1, 0.15) is 5.82 Å². The zero-order valence-electron chi connectivity index (χ0n) is 9.46. The molecule has 4 heteroatoms. The molecule has 0 radical (unpaired) electrons. The molecule has 1 aromatic carbocycles. The van der Waals surface area contributed by atoms with E-state index in [9.17, 15) is 0 Å². The number of benzene rings is 1. The number of para-hydroxylation sites is 1. The van der Waals surface area contributed by atoms with Crippen LogP contribution in [-0.4, -0.2) is 14.5 Å². The van der Waals surface area contributed by atoms with Crippen molar-refractivity contribution >= 4 is 16.6 Å². The van der Waals surface area contributed by atoms with E-state index in [4.69, 9.17) is 5.73 Å². The summed E-state index contributed by atoms with van der Waals surface area (Å²) in [6.45, 7) is 1.97. The lowest BCUT2D eigenvalue weighted by Crippen LogP contribution is -1.98. The van der Waals surface area contributed by atoms with Crippen molar-refractivity contribution in [2.75, 3.05) is 5.73 Å². The molecule has 0 bridgehead atoms. The zero-order chi connectivity index (χ0) is 11.8. The second kappa shape index (κ2) is 3.59. The second-order valence-electron chi connectivity index (χ2n) is 3.92. The standard InChI is InChI=1S/C13H12N4/c1-9-15-7-8-17(9)12-5-6-16-13-10(12)3-2-4-11(13)14/h2-8H,14H2,1H3. The van der Waals surface area contributed by atoms with Crippen molar-refractivity contribution in [3.05, 3.63) is 48.7 Å². The van der Waals surface area contributed by atoms with Gasteiger partial charge in [-0.15, -0.1) is 0 Å². The van der Waals surface area contributed by atoms with E-state index in [2.05, 4.69) is 9.97 Å². The molecule has 2 N–H and O–H groups in total. The zero-order valence-corrected chi connectivity index (χ0v) is 9.46. The first kappa shape index (κ1) is 9.84. The van der Waals surface area contributed by atoms with Gasteiger partial charge in [0.15, 0.2) is 0 Å². The lowest BCUT2D eigenvalue weighted by Gasteiger charge is -2.09. The molecule has 0 aliphatic rings. The van der Waals surface area contributed by atoms with Crippen molar-refractivity contribution in [3.63, 3.8) is 0 Å². The molecule has 0 saturated heterocycles. The van der Waals surface area contributed by atoms with E-state index in [1.807, 2.05) is 42.0 Å². The quantitative estimate of drug-likeness (QED) is 0.645. The maximum absolute atomic E-state index is 5.93. The monoisotopic (exact) mass is 224 g/mol. The molecule has 2 heterocycles. The minimum atomic E-state index is 0.696. The summed E-state index contributed by atoms with van der Waals surface area (Å²) in [5, 5.41) is 1.04. The Labute approximate surface area is 98.7 Å². The van der Waals surface area contributed by atoms with Crippen molar-refractivity contribution in [1.82, 2.24) is 14.5 Å². The minimum Gasteiger partial charge on any atom is -0.397 e. The number of imidazole rings is 1. The van der Waals surface area contributed by atoms with Gasteiger partial charge in [-0.25, -0.2) is 4.98 Å². The lowest BCUT2D eigenvalue weighted by atomic mass is 10.1. The molecular weight excluding hydrogens is 212 g/mol. The third-order valence-electron chi connectivity index (χ3n) is 2.86. The molecule has 2 aromatic heterocycles. The van der Waals surface area contributed by atoms with Gasteiger partial charge in [-0.1, -0.05) is 12.1 Å². The van der Waals surface area contributed by atoms with Gasteiger partial charge in [0, 0.05) is 24.0 Å². The molecular formula is C13H12N4. The molecule has 0 saturated carbocycles. The summed E-state index contributed by atoms with van der Waals surface area (Å²) < 4.78 is 2.03. The summed E-state index contributed by atoms with van der Waals surface area (Å²) in [7, 11) is 0. The van der Waals surface area contributed by atoms with Gasteiger partial charge in [0.25, 0.3) is 0 Å². The average Bonchev–Trinajstić information content (AvgIpc) is 2.75. The number of aromatic nitrogens is 3. The Morgan fingerprint density at radius 2 is 2.00 bits per heavy atom. The number of hydrogen-bond acceptors (Lipinski definition) is 3. The summed E-state index contributed by atoms with van der Waals surface area (Å²) in [4.78, 5) is 8.56. The van der Waals surface area contributed by atoms with Crippen molar-refractivity contribution < 1.29 is 0 Å². The van der Waals surface area contributed by atoms with Gasteiger partial charge in [0.05, 0.1) is 16.9 Å². The molecule has 3 rings (SSSR count). The van der Waals surface area contributed by atoms with Crippen LogP contribution in [0.2, 0.25) is 0 Å². The van der Waals surface area contributed by atoms with Crippen molar-refractivity contribution in [2.24, 2.45) is 0 Å². The second-order valence-corrected chi connectivity index (χ2v) is 3.92. The van der Waals surface area contributed by atoms with Crippen LogP contribution in [0.15, 0.2) is 42.9 Å². The first-order valence-electron chi connectivity index (χ1n) is 5.41. The SMILES string of the molecule is Cc1nccn1-c1ccnc2c(N)cccc12. The number of aryl methyl sites for hydroxylation is 1. The Hall–Kier alpha value is -2.36. The fraction of sp³-hybridized carbons (Fsp3) is 0.0769. The highest BCUT2D eigenvalue weighted by Gasteiger charge is 2.07. The highest BCUT2D eigenvalue weighted by Crippen LogP contribution is 2.24. The first-order valence-corrected chi connectivity index (χ1v) is 5.41. The number of nitrogens with zero attached hydrogens (tertiary/aromatic N) is 3. The summed E-state index contributed by atoms with van der Waals surface area (Å²) >= 11 is 0. The van der Waals surface area contributed by atoms with Crippen LogP contribution in [0.25, 0.3) is 16.6 Å². The Morgan fingerprint density at radius 3 is 2.76 bits per heavy atom. The highest BCUT2D eigenvalue weighted by molar-refractivity contribution is 5.94. The third-order valence-corrected chi connectivity index (χ3v) is 2.86. The smallest absolute Gasteiger partial charge is 0.110 e. The molecule has 0 atom stereocenters. The lowest BCUT2D eigenvalue weighted by molar-refractivity contribution is 0.980. The summed E-state index contributed by atoms with van der Waals surface area (Å²) in [6, 6.07) is 7.79. The summed E-state index contributed by atoms with van der Waals surface area (Å²) in [5.41, 5.74) is 8.51. The Kier molecular flexibility index (Phi) is 2.08. The topological polar surface area (TPSA) is 56.7 Å². The van der Waals surface area contributed by atoms with Gasteiger partial charge in [-0.05, 0) is 19.1 Å². The van der Waals surface area contributed by atoms with Gasteiger partial charge in [-0.3, -0.25) is 4.98 Å². The summed E-state index contributed by atoms with van der Waals surface area (Å²) in [6.07, 6.45) is 5.49. The highest BCUT2D eigenvalue weighted by atomic mass is 15.1. The minimum absolute atomic E-state index is 0.696. The van der Waals surface area contributed by atoms with Crippen LogP contribution in [0.4, 0.5) is 5.69 Å². The number of rotatable bonds is 1. The largest absolute Gasteiger partial charge is 0.397 e. The van der Waals surface area contributed by atoms with Crippen LogP contribution in [0.3, 0.4) is 0 Å². The number of anilines is 1. The maximum Gasteiger partial charge on any atom is 0.110 e. The maximum atomic E-state index is 5.93. The predicted molar refractivity (Wildman–Crippen MR) is 68.0 cm³/mol. The van der Waals surface area contributed by atoms with Crippen molar-refractivity contribution in [2.45, 2.75) is 6.92 Å². The number of nitrogens with two attached hydrogens (primary N) is 1. The van der Waals surface area contributed by atoms with Gasteiger partial charge >= 0.3 is 0 Å². The van der Waals surface area contributed by atoms with E-state index in [1.165, 1.54) is 0 Å². The molecule has 17 heavy (non-hydrogen) atoms. The van der Waals surface area contributed by atoms with E-state index >= 15 is 0 Å². The van der Waals surface area contributed by atoms with E-state index in [0.29, 0.717) is 5.69 Å². The predicted octanol–water partition coefficient (Wildman–Crippen LogP) is 2.31. The number of hydrogen-bond donors (Lipinski definition) is 1. The number of pyridine rings is 1. The van der Waals surface area contributed by atoms with E-state index in [0.717, 1.165) is 22.4 Å². The molecule has 3 aromatic rings. The first-order chi connectivity index (χ1) is 8.27. The Balaban J connectivity index is 2.38. The molecule has 0 amide bonds. The van der Waals surface area contributed by atoms with Crippen LogP contribution in [0.1, 0.15) is 5.82 Å². The number of fused-ring (bicyclic) bond motifs is 1. The van der Waals surface area contributed by atoms with E-state index < -0.39 is 0 Å². The Bertz CT molecular complexity index is 685. The van der Waals surface area contributed by atoms with Gasteiger partial charge in [-0.2, -0.15) is 0 Å². The molecule has 84 valence electrons. The third kappa shape index (κ3) is 1.45. The van der Waals surface area contributed by atoms with Crippen LogP contribution in [0, 0.1) is 6.92 Å². The normalized spacial score (nSPS) is 10.9. The molecule has 0 aliphatic heterocycles. The van der Waals surface area contributed by atoms with Gasteiger partial charge in [0.2, 0.25) is 0 Å². The Morgan fingerprint density at radius 1 is 1.12 bits per heavy atom. The molecule has 0 fully saturated rings.